The number of imidazole rings is 1. The van der Waals surface area contributed by atoms with Crippen molar-refractivity contribution in [1.29, 1.82) is 0 Å². The summed E-state index contributed by atoms with van der Waals surface area (Å²) in [7, 11) is 0. The molecule has 0 atom stereocenters. The molecule has 2 heterocycles. The average Bonchev–Trinajstić information content (AvgIpc) is 3.08. The first-order valence-electron chi connectivity index (χ1n) is 9.75. The van der Waals surface area contributed by atoms with Gasteiger partial charge in [-0.25, -0.2) is 4.98 Å². The number of fused-ring (bicyclic) bond motifs is 1. The molecule has 150 valence electrons. The number of carbonyl (C=O) groups excluding carboxylic acids is 1. The Kier molecular flexibility index (Phi) is 5.28. The van der Waals surface area contributed by atoms with Gasteiger partial charge in [-0.1, -0.05) is 41.4 Å². The van der Waals surface area contributed by atoms with E-state index in [9.17, 15) is 9.59 Å². The fourth-order valence-electron chi connectivity index (χ4n) is 3.34. The summed E-state index contributed by atoms with van der Waals surface area (Å²) in [6.07, 6.45) is 8.51. The second-order valence-corrected chi connectivity index (χ2v) is 8.06. The fourth-order valence-corrected chi connectivity index (χ4v) is 3.57. The first-order chi connectivity index (χ1) is 13.9. The van der Waals surface area contributed by atoms with E-state index in [2.05, 4.69) is 10.3 Å². The van der Waals surface area contributed by atoms with Crippen LogP contribution in [0.3, 0.4) is 0 Å². The lowest BCUT2D eigenvalue weighted by Gasteiger charge is -2.25. The van der Waals surface area contributed by atoms with Crippen molar-refractivity contribution in [3.8, 4) is 11.3 Å². The molecule has 2 aromatic heterocycles. The lowest BCUT2D eigenvalue weighted by Crippen LogP contribution is -2.39. The van der Waals surface area contributed by atoms with E-state index in [-0.39, 0.29) is 28.8 Å². The molecule has 0 unspecified atom stereocenters. The van der Waals surface area contributed by atoms with E-state index in [1.807, 2.05) is 44.3 Å². The quantitative estimate of drug-likeness (QED) is 0.645. The Morgan fingerprint density at radius 2 is 2.03 bits per heavy atom. The SMILES string of the molecule is CC(C)=CCn1c(-c2ccccc2Cl)cn2cc(C(=O)NC3CCC3)nc2c1=O. The summed E-state index contributed by atoms with van der Waals surface area (Å²) >= 11 is 6.41. The smallest absolute Gasteiger partial charge is 0.295 e. The van der Waals surface area contributed by atoms with Crippen LogP contribution >= 0.6 is 11.6 Å². The molecule has 4 rings (SSSR count). The standard InChI is InChI=1S/C22H23ClN4O2/c1-14(2)10-11-27-19(16-8-3-4-9-17(16)23)13-26-12-18(25-20(26)22(27)29)21(28)24-15-6-5-7-15/h3-4,8-10,12-13,15H,5-7,11H2,1-2H3,(H,24,28). The summed E-state index contributed by atoms with van der Waals surface area (Å²) in [4.78, 5) is 30.1. The van der Waals surface area contributed by atoms with Gasteiger partial charge in [-0.05, 0) is 39.2 Å². The van der Waals surface area contributed by atoms with Gasteiger partial charge in [0.15, 0.2) is 0 Å². The van der Waals surface area contributed by atoms with Gasteiger partial charge in [-0.3, -0.25) is 18.6 Å². The molecule has 1 fully saturated rings. The van der Waals surface area contributed by atoms with Crippen LogP contribution in [-0.2, 0) is 6.54 Å². The lowest BCUT2D eigenvalue weighted by molar-refractivity contribution is 0.0912. The zero-order chi connectivity index (χ0) is 20.5. The van der Waals surface area contributed by atoms with Crippen LogP contribution in [0.25, 0.3) is 16.9 Å². The highest BCUT2D eigenvalue weighted by Gasteiger charge is 2.23. The molecule has 0 spiro atoms. The number of allylic oxidation sites excluding steroid dienone is 2. The largest absolute Gasteiger partial charge is 0.348 e. The molecule has 7 heteroatoms. The average molecular weight is 411 g/mol. The molecule has 1 saturated carbocycles. The first kappa shape index (κ1) is 19.5. The topological polar surface area (TPSA) is 68.4 Å². The zero-order valence-electron chi connectivity index (χ0n) is 16.5. The van der Waals surface area contributed by atoms with Crippen molar-refractivity contribution in [2.45, 2.75) is 45.7 Å². The maximum absolute atomic E-state index is 13.2. The van der Waals surface area contributed by atoms with Gasteiger partial charge in [0.1, 0.15) is 5.69 Å². The summed E-state index contributed by atoms with van der Waals surface area (Å²) in [6, 6.07) is 7.61. The Hall–Kier alpha value is -2.86. The Balaban J connectivity index is 1.85. The Bertz CT molecular complexity index is 1170. The minimum Gasteiger partial charge on any atom is -0.348 e. The van der Waals surface area contributed by atoms with E-state index < -0.39 is 0 Å². The predicted molar refractivity (Wildman–Crippen MR) is 114 cm³/mol. The maximum Gasteiger partial charge on any atom is 0.295 e. The van der Waals surface area contributed by atoms with Crippen LogP contribution < -0.4 is 10.9 Å². The molecule has 1 amide bonds. The van der Waals surface area contributed by atoms with Crippen molar-refractivity contribution in [2.75, 3.05) is 0 Å². The molecule has 0 bridgehead atoms. The van der Waals surface area contributed by atoms with Gasteiger partial charge in [0.25, 0.3) is 11.5 Å². The number of halogens is 1. The summed E-state index contributed by atoms with van der Waals surface area (Å²) in [5, 5.41) is 3.52. The van der Waals surface area contributed by atoms with Crippen molar-refractivity contribution in [1.82, 2.24) is 19.3 Å². The molecule has 1 aliphatic rings. The van der Waals surface area contributed by atoms with E-state index in [1.165, 1.54) is 0 Å². The number of carbonyl (C=O) groups is 1. The van der Waals surface area contributed by atoms with E-state index in [0.29, 0.717) is 17.3 Å². The number of benzene rings is 1. The minimum absolute atomic E-state index is 0.209. The van der Waals surface area contributed by atoms with Crippen LogP contribution in [-0.4, -0.2) is 25.9 Å². The molecular weight excluding hydrogens is 388 g/mol. The third-order valence-electron chi connectivity index (χ3n) is 5.23. The van der Waals surface area contributed by atoms with E-state index in [1.54, 1.807) is 21.2 Å². The van der Waals surface area contributed by atoms with Crippen molar-refractivity contribution in [3.05, 3.63) is 69.4 Å². The summed E-state index contributed by atoms with van der Waals surface area (Å²) in [5.41, 5.74) is 2.74. The normalized spacial score (nSPS) is 13.9. The van der Waals surface area contributed by atoms with E-state index >= 15 is 0 Å². The second kappa shape index (κ2) is 7.87. The molecule has 0 aliphatic heterocycles. The summed E-state index contributed by atoms with van der Waals surface area (Å²) in [5.74, 6) is -0.243. The highest BCUT2D eigenvalue weighted by molar-refractivity contribution is 6.33. The predicted octanol–water partition coefficient (Wildman–Crippen LogP) is 4.06. The second-order valence-electron chi connectivity index (χ2n) is 7.65. The molecule has 0 radical (unpaired) electrons. The molecule has 3 aromatic rings. The van der Waals surface area contributed by atoms with E-state index in [0.717, 1.165) is 30.4 Å². The number of rotatable bonds is 5. The van der Waals surface area contributed by atoms with E-state index in [4.69, 9.17) is 11.6 Å². The summed E-state index contributed by atoms with van der Waals surface area (Å²) in [6.45, 7) is 4.36. The van der Waals surface area contributed by atoms with Gasteiger partial charge >= 0.3 is 0 Å². The molecule has 1 aromatic carbocycles. The van der Waals surface area contributed by atoms with Gasteiger partial charge in [0.05, 0.1) is 5.69 Å². The van der Waals surface area contributed by atoms with Crippen molar-refractivity contribution >= 4 is 23.2 Å². The zero-order valence-corrected chi connectivity index (χ0v) is 17.2. The lowest BCUT2D eigenvalue weighted by atomic mass is 9.93. The number of hydrogen-bond donors (Lipinski definition) is 1. The van der Waals surface area contributed by atoms with Crippen LogP contribution in [0.1, 0.15) is 43.6 Å². The number of aromatic nitrogens is 3. The van der Waals surface area contributed by atoms with Gasteiger partial charge in [0, 0.05) is 35.6 Å². The Labute approximate surface area is 173 Å². The molecule has 6 nitrogen and oxygen atoms in total. The van der Waals surface area contributed by atoms with Gasteiger partial charge < -0.3 is 5.32 Å². The number of nitrogens with one attached hydrogen (secondary N) is 1. The van der Waals surface area contributed by atoms with Gasteiger partial charge in [-0.15, -0.1) is 0 Å². The maximum atomic E-state index is 13.2. The highest BCUT2D eigenvalue weighted by atomic mass is 35.5. The fraction of sp³-hybridized carbons (Fsp3) is 0.318. The third kappa shape index (κ3) is 3.85. The van der Waals surface area contributed by atoms with Crippen molar-refractivity contribution in [2.24, 2.45) is 0 Å². The number of amides is 1. The van der Waals surface area contributed by atoms with Crippen LogP contribution in [0.15, 0.2) is 53.1 Å². The van der Waals surface area contributed by atoms with Gasteiger partial charge in [-0.2, -0.15) is 0 Å². The molecule has 1 N–H and O–H groups in total. The first-order valence-corrected chi connectivity index (χ1v) is 10.1. The van der Waals surface area contributed by atoms with Crippen LogP contribution in [0.5, 0.6) is 0 Å². The minimum atomic E-state index is -0.261. The molecular formula is C22H23ClN4O2. The van der Waals surface area contributed by atoms with Crippen LogP contribution in [0.4, 0.5) is 0 Å². The number of hydrogen-bond acceptors (Lipinski definition) is 3. The third-order valence-corrected chi connectivity index (χ3v) is 5.56. The molecule has 29 heavy (non-hydrogen) atoms. The van der Waals surface area contributed by atoms with Crippen molar-refractivity contribution < 1.29 is 4.79 Å². The Morgan fingerprint density at radius 1 is 1.28 bits per heavy atom. The monoisotopic (exact) mass is 410 g/mol. The Morgan fingerprint density at radius 3 is 2.69 bits per heavy atom. The van der Waals surface area contributed by atoms with Gasteiger partial charge in [0.2, 0.25) is 5.65 Å². The van der Waals surface area contributed by atoms with Crippen LogP contribution in [0, 0.1) is 0 Å². The van der Waals surface area contributed by atoms with Crippen LogP contribution in [0.2, 0.25) is 5.02 Å². The molecule has 0 saturated heterocycles. The summed E-state index contributed by atoms with van der Waals surface area (Å²) < 4.78 is 3.26. The highest BCUT2D eigenvalue weighted by Crippen LogP contribution is 2.27. The number of nitrogens with zero attached hydrogens (tertiary/aromatic N) is 3. The van der Waals surface area contributed by atoms with Crippen molar-refractivity contribution in [3.63, 3.8) is 0 Å². The molecule has 1 aliphatic carbocycles.